The molecule has 30 heavy (non-hydrogen) atoms. The van der Waals surface area contributed by atoms with E-state index in [9.17, 15) is 14.4 Å². The van der Waals surface area contributed by atoms with E-state index < -0.39 is 6.04 Å². The summed E-state index contributed by atoms with van der Waals surface area (Å²) in [6.45, 7) is 5.32. The fourth-order valence-electron chi connectivity index (χ4n) is 4.31. The third-order valence-electron chi connectivity index (χ3n) is 5.92. The molecule has 1 unspecified atom stereocenters. The van der Waals surface area contributed by atoms with Crippen LogP contribution in [0, 0.1) is 6.92 Å². The zero-order chi connectivity index (χ0) is 21.3. The van der Waals surface area contributed by atoms with Gasteiger partial charge in [0.25, 0.3) is 5.91 Å². The minimum atomic E-state index is -0.504. The Morgan fingerprint density at radius 3 is 2.33 bits per heavy atom. The van der Waals surface area contributed by atoms with Gasteiger partial charge in [-0.1, -0.05) is 23.8 Å². The quantitative estimate of drug-likeness (QED) is 0.853. The molecule has 2 aromatic carbocycles. The normalized spacial score (nSPS) is 18.1. The molecule has 1 saturated heterocycles. The van der Waals surface area contributed by atoms with Gasteiger partial charge in [-0.05, 0) is 55.2 Å². The van der Waals surface area contributed by atoms with Gasteiger partial charge >= 0.3 is 0 Å². The summed E-state index contributed by atoms with van der Waals surface area (Å²) in [6.07, 6.45) is 2.52. The molecular weight excluding hydrogens is 378 g/mol. The Hall–Kier alpha value is -3.15. The van der Waals surface area contributed by atoms with E-state index in [1.165, 1.54) is 6.92 Å². The Morgan fingerprint density at radius 2 is 1.67 bits per heavy atom. The molecule has 3 amide bonds. The average Bonchev–Trinajstić information content (AvgIpc) is 3.27. The van der Waals surface area contributed by atoms with E-state index in [1.807, 2.05) is 54.3 Å². The lowest BCUT2D eigenvalue weighted by molar-refractivity contribution is -0.135. The van der Waals surface area contributed by atoms with Gasteiger partial charge in [-0.2, -0.15) is 0 Å². The molecule has 0 bridgehead atoms. The first kappa shape index (κ1) is 20.1. The summed E-state index contributed by atoms with van der Waals surface area (Å²) < 4.78 is 0. The van der Waals surface area contributed by atoms with Crippen LogP contribution in [0.15, 0.2) is 42.5 Å². The molecule has 2 aliphatic rings. The molecule has 156 valence electrons. The highest BCUT2D eigenvalue weighted by Gasteiger charge is 2.38. The number of nitrogens with zero attached hydrogens (tertiary/aromatic N) is 2. The number of hydrogen-bond donors (Lipinski definition) is 1. The molecule has 2 heterocycles. The van der Waals surface area contributed by atoms with Crippen LogP contribution in [0.25, 0.3) is 0 Å². The summed E-state index contributed by atoms with van der Waals surface area (Å²) in [5, 5.41) is 2.80. The Balaban J connectivity index is 1.67. The van der Waals surface area contributed by atoms with E-state index in [-0.39, 0.29) is 17.7 Å². The highest BCUT2D eigenvalue weighted by atomic mass is 16.2. The summed E-state index contributed by atoms with van der Waals surface area (Å²) in [5.41, 5.74) is 4.39. The first-order valence-electron chi connectivity index (χ1n) is 10.5. The molecule has 0 radical (unpaired) electrons. The van der Waals surface area contributed by atoms with Gasteiger partial charge in [0.2, 0.25) is 11.8 Å². The van der Waals surface area contributed by atoms with Crippen molar-refractivity contribution in [1.82, 2.24) is 9.80 Å². The van der Waals surface area contributed by atoms with Gasteiger partial charge < -0.3 is 15.1 Å². The van der Waals surface area contributed by atoms with Crippen molar-refractivity contribution >= 4 is 23.4 Å². The van der Waals surface area contributed by atoms with Crippen LogP contribution < -0.4 is 5.32 Å². The Morgan fingerprint density at radius 1 is 0.967 bits per heavy atom. The van der Waals surface area contributed by atoms with Crippen molar-refractivity contribution in [2.24, 2.45) is 0 Å². The zero-order valence-corrected chi connectivity index (χ0v) is 17.5. The maximum Gasteiger partial charge on any atom is 0.254 e. The lowest BCUT2D eigenvalue weighted by atomic mass is 9.92. The molecule has 2 aromatic rings. The summed E-state index contributed by atoms with van der Waals surface area (Å²) in [4.78, 5) is 41.7. The molecule has 1 fully saturated rings. The highest BCUT2D eigenvalue weighted by Crippen LogP contribution is 2.29. The predicted octanol–water partition coefficient (Wildman–Crippen LogP) is 3.14. The molecule has 0 aliphatic carbocycles. The van der Waals surface area contributed by atoms with Crippen molar-refractivity contribution in [3.63, 3.8) is 0 Å². The van der Waals surface area contributed by atoms with Crippen LogP contribution in [0.3, 0.4) is 0 Å². The minimum Gasteiger partial charge on any atom is -0.341 e. The number of hydrogen-bond acceptors (Lipinski definition) is 3. The van der Waals surface area contributed by atoms with E-state index in [4.69, 9.17) is 0 Å². The third-order valence-corrected chi connectivity index (χ3v) is 5.92. The average molecular weight is 405 g/mol. The van der Waals surface area contributed by atoms with E-state index >= 15 is 0 Å². The van der Waals surface area contributed by atoms with Crippen LogP contribution in [0.5, 0.6) is 0 Å². The van der Waals surface area contributed by atoms with Gasteiger partial charge in [0.15, 0.2) is 0 Å². The molecule has 6 nitrogen and oxygen atoms in total. The van der Waals surface area contributed by atoms with Crippen molar-refractivity contribution in [1.29, 1.82) is 0 Å². The topological polar surface area (TPSA) is 69.7 Å². The highest BCUT2D eigenvalue weighted by molar-refractivity contribution is 5.98. The van der Waals surface area contributed by atoms with Gasteiger partial charge in [0.1, 0.15) is 6.04 Å². The Bertz CT molecular complexity index is 978. The number of likely N-dealkylation sites (tertiary alicyclic amines) is 1. The molecule has 0 saturated carbocycles. The molecule has 2 aliphatic heterocycles. The van der Waals surface area contributed by atoms with Gasteiger partial charge in [-0.15, -0.1) is 0 Å². The van der Waals surface area contributed by atoms with Gasteiger partial charge in [-0.25, -0.2) is 0 Å². The van der Waals surface area contributed by atoms with Crippen LogP contribution in [0.2, 0.25) is 0 Å². The summed E-state index contributed by atoms with van der Waals surface area (Å²) >= 11 is 0. The van der Waals surface area contributed by atoms with Crippen molar-refractivity contribution in [3.05, 3.63) is 64.7 Å². The van der Waals surface area contributed by atoms with Crippen LogP contribution >= 0.6 is 0 Å². The van der Waals surface area contributed by atoms with Crippen molar-refractivity contribution in [2.45, 2.75) is 45.7 Å². The number of carbonyl (C=O) groups excluding carboxylic acids is 3. The number of rotatable bonds is 3. The fraction of sp³-hybridized carbons (Fsp3) is 0.375. The number of amides is 3. The molecule has 6 heteroatoms. The SMILES string of the molecule is CC(=O)Nc1ccc2c(c1)CN(C(=O)c1ccc(C)cc1)C(C(=O)N1CCCC1)C2. The lowest BCUT2D eigenvalue weighted by Crippen LogP contribution is -2.53. The maximum atomic E-state index is 13.4. The van der Waals surface area contributed by atoms with Crippen LogP contribution in [0.1, 0.15) is 46.8 Å². The smallest absolute Gasteiger partial charge is 0.254 e. The second-order valence-electron chi connectivity index (χ2n) is 8.22. The molecule has 1 atom stereocenters. The second kappa shape index (κ2) is 8.30. The molecular formula is C24H27N3O3. The Labute approximate surface area is 176 Å². The fourth-order valence-corrected chi connectivity index (χ4v) is 4.31. The number of aryl methyl sites for hydroxylation is 1. The van der Waals surface area contributed by atoms with Gasteiger partial charge in [0, 0.05) is 44.2 Å². The number of benzene rings is 2. The second-order valence-corrected chi connectivity index (χ2v) is 8.22. The Kier molecular flexibility index (Phi) is 5.57. The zero-order valence-electron chi connectivity index (χ0n) is 17.5. The van der Waals surface area contributed by atoms with E-state index in [0.29, 0.717) is 24.2 Å². The van der Waals surface area contributed by atoms with Gasteiger partial charge in [-0.3, -0.25) is 14.4 Å². The molecule has 4 rings (SSSR count). The summed E-state index contributed by atoms with van der Waals surface area (Å²) in [7, 11) is 0. The number of fused-ring (bicyclic) bond motifs is 1. The standard InChI is InChI=1S/C24H27N3O3/c1-16-5-7-18(8-6-16)23(29)27-15-20-13-21(25-17(2)28)10-9-19(20)14-22(27)24(30)26-11-3-4-12-26/h5-10,13,22H,3-4,11-12,14-15H2,1-2H3,(H,25,28). The third kappa shape index (κ3) is 4.08. The molecule has 0 spiro atoms. The van der Waals surface area contributed by atoms with Crippen LogP contribution in [-0.4, -0.2) is 46.7 Å². The first-order valence-corrected chi connectivity index (χ1v) is 10.5. The largest absolute Gasteiger partial charge is 0.341 e. The van der Waals surface area contributed by atoms with Crippen molar-refractivity contribution < 1.29 is 14.4 Å². The van der Waals surface area contributed by atoms with Gasteiger partial charge in [0.05, 0.1) is 0 Å². The van der Waals surface area contributed by atoms with Crippen LogP contribution in [-0.2, 0) is 22.6 Å². The minimum absolute atomic E-state index is 0.0320. The van der Waals surface area contributed by atoms with E-state index in [2.05, 4.69) is 5.32 Å². The molecule has 1 N–H and O–H groups in total. The maximum absolute atomic E-state index is 13.4. The van der Waals surface area contributed by atoms with Crippen molar-refractivity contribution in [3.8, 4) is 0 Å². The first-order chi connectivity index (χ1) is 14.4. The number of carbonyl (C=O) groups is 3. The lowest BCUT2D eigenvalue weighted by Gasteiger charge is -2.38. The number of anilines is 1. The predicted molar refractivity (Wildman–Crippen MR) is 115 cm³/mol. The van der Waals surface area contributed by atoms with Crippen molar-refractivity contribution in [2.75, 3.05) is 18.4 Å². The van der Waals surface area contributed by atoms with E-state index in [0.717, 1.165) is 42.6 Å². The monoisotopic (exact) mass is 405 g/mol. The number of nitrogens with one attached hydrogen (secondary N) is 1. The van der Waals surface area contributed by atoms with E-state index in [1.54, 1.807) is 4.90 Å². The summed E-state index contributed by atoms with van der Waals surface area (Å²) in [5.74, 6) is -0.242. The molecule has 0 aromatic heterocycles. The van der Waals surface area contributed by atoms with Crippen LogP contribution in [0.4, 0.5) is 5.69 Å². The summed E-state index contributed by atoms with van der Waals surface area (Å²) in [6, 6.07) is 12.7.